The van der Waals surface area contributed by atoms with Crippen molar-refractivity contribution in [2.75, 3.05) is 26.4 Å². The molecule has 5 nitrogen and oxygen atoms in total. The van der Waals surface area contributed by atoms with Gasteiger partial charge in [-0.1, -0.05) is 49.0 Å². The van der Waals surface area contributed by atoms with Crippen molar-refractivity contribution in [2.45, 2.75) is 6.92 Å². The van der Waals surface area contributed by atoms with Crippen molar-refractivity contribution in [3.8, 4) is 17.2 Å². The zero-order valence-corrected chi connectivity index (χ0v) is 16.4. The molecule has 0 saturated heterocycles. The molecule has 5 heteroatoms. The quantitative estimate of drug-likeness (QED) is 0.284. The number of carbonyl (C=O) groups excluding carboxylic acids is 1. The molecule has 0 fully saturated rings. The van der Waals surface area contributed by atoms with Crippen LogP contribution in [0.4, 0.5) is 0 Å². The van der Waals surface area contributed by atoms with Gasteiger partial charge in [0.2, 0.25) is 0 Å². The van der Waals surface area contributed by atoms with E-state index in [4.69, 9.17) is 18.9 Å². The number of para-hydroxylation sites is 1. The Balaban J connectivity index is 1.66. The summed E-state index contributed by atoms with van der Waals surface area (Å²) in [5, 5.41) is 1.90. The number of carbonyl (C=O) groups is 1. The van der Waals surface area contributed by atoms with Gasteiger partial charge in [0.1, 0.15) is 43.7 Å². The molecule has 0 aliphatic heterocycles. The summed E-state index contributed by atoms with van der Waals surface area (Å²) < 4.78 is 22.5. The molecule has 3 rings (SSSR count). The summed E-state index contributed by atoms with van der Waals surface area (Å²) in [6.45, 7) is 6.63. The molecule has 0 spiro atoms. The zero-order chi connectivity index (χ0) is 20.5. The fraction of sp³-hybridized carbons (Fsp3) is 0.208. The van der Waals surface area contributed by atoms with E-state index in [2.05, 4.69) is 6.58 Å². The van der Waals surface area contributed by atoms with Crippen LogP contribution in [-0.4, -0.2) is 32.4 Å². The number of esters is 1. The molecule has 0 heterocycles. The van der Waals surface area contributed by atoms with Gasteiger partial charge in [0.15, 0.2) is 0 Å². The highest BCUT2D eigenvalue weighted by Crippen LogP contribution is 2.36. The largest absolute Gasteiger partial charge is 0.490 e. The third-order valence-corrected chi connectivity index (χ3v) is 4.24. The highest BCUT2D eigenvalue weighted by Gasteiger charge is 2.12. The highest BCUT2D eigenvalue weighted by molar-refractivity contribution is 5.94. The van der Waals surface area contributed by atoms with E-state index in [1.54, 1.807) is 0 Å². The Morgan fingerprint density at radius 3 is 2.28 bits per heavy atom. The van der Waals surface area contributed by atoms with Crippen LogP contribution in [-0.2, 0) is 9.53 Å². The summed E-state index contributed by atoms with van der Waals surface area (Å²) in [5.41, 5.74) is 0.942. The van der Waals surface area contributed by atoms with Gasteiger partial charge in [-0.05, 0) is 30.7 Å². The van der Waals surface area contributed by atoms with Crippen LogP contribution in [0, 0.1) is 6.92 Å². The minimum atomic E-state index is -0.461. The average molecular weight is 392 g/mol. The lowest BCUT2D eigenvalue weighted by molar-refractivity contribution is -0.138. The smallest absolute Gasteiger partial charge is 0.330 e. The second-order valence-corrected chi connectivity index (χ2v) is 6.30. The lowest BCUT2D eigenvalue weighted by Crippen LogP contribution is -2.11. The molecule has 0 aromatic heterocycles. The summed E-state index contributed by atoms with van der Waals surface area (Å²) in [6, 6.07) is 19.5. The second-order valence-electron chi connectivity index (χ2n) is 6.30. The molecule has 0 amide bonds. The molecule has 0 N–H and O–H groups in total. The first kappa shape index (κ1) is 20.3. The van der Waals surface area contributed by atoms with Crippen LogP contribution in [0.3, 0.4) is 0 Å². The summed E-state index contributed by atoms with van der Waals surface area (Å²) in [7, 11) is 0. The van der Waals surface area contributed by atoms with Gasteiger partial charge in [-0.25, -0.2) is 4.79 Å². The van der Waals surface area contributed by atoms with Crippen LogP contribution >= 0.6 is 0 Å². The predicted octanol–water partition coefficient (Wildman–Crippen LogP) is 4.71. The lowest BCUT2D eigenvalue weighted by atomic mass is 10.0. The normalized spacial score (nSPS) is 10.4. The molecule has 0 radical (unpaired) electrons. The minimum Gasteiger partial charge on any atom is -0.490 e. The van der Waals surface area contributed by atoms with Crippen molar-refractivity contribution < 1.29 is 23.7 Å². The summed E-state index contributed by atoms with van der Waals surface area (Å²) in [6.07, 6.45) is 1.13. The topological polar surface area (TPSA) is 54.0 Å². The van der Waals surface area contributed by atoms with Crippen molar-refractivity contribution in [1.29, 1.82) is 0 Å². The molecule has 150 valence electrons. The molecule has 3 aromatic carbocycles. The van der Waals surface area contributed by atoms with E-state index >= 15 is 0 Å². The number of aryl methyl sites for hydroxylation is 1. The fourth-order valence-electron chi connectivity index (χ4n) is 2.93. The van der Waals surface area contributed by atoms with Crippen LogP contribution in [0.5, 0.6) is 17.2 Å². The van der Waals surface area contributed by atoms with Crippen LogP contribution < -0.4 is 14.2 Å². The van der Waals surface area contributed by atoms with Crippen LogP contribution in [0.1, 0.15) is 5.56 Å². The highest BCUT2D eigenvalue weighted by atomic mass is 16.6. The molecule has 0 unspecified atom stereocenters. The zero-order valence-electron chi connectivity index (χ0n) is 16.4. The van der Waals surface area contributed by atoms with Gasteiger partial charge in [0, 0.05) is 16.8 Å². The van der Waals surface area contributed by atoms with E-state index in [-0.39, 0.29) is 13.2 Å². The van der Waals surface area contributed by atoms with E-state index in [0.717, 1.165) is 39.7 Å². The summed E-state index contributed by atoms with van der Waals surface area (Å²) in [4.78, 5) is 11.1. The first-order valence-corrected chi connectivity index (χ1v) is 9.44. The van der Waals surface area contributed by atoms with E-state index in [9.17, 15) is 4.79 Å². The Labute approximate surface area is 170 Å². The maximum atomic E-state index is 11.1. The van der Waals surface area contributed by atoms with E-state index in [1.807, 2.05) is 67.6 Å². The van der Waals surface area contributed by atoms with Crippen LogP contribution in [0.2, 0.25) is 0 Å². The molecule has 0 saturated carbocycles. The van der Waals surface area contributed by atoms with Crippen molar-refractivity contribution in [1.82, 2.24) is 0 Å². The molecule has 29 heavy (non-hydrogen) atoms. The Hall–Kier alpha value is -3.47. The molecule has 3 aromatic rings. The van der Waals surface area contributed by atoms with Gasteiger partial charge in [0.25, 0.3) is 0 Å². The number of fused-ring (bicyclic) bond motifs is 1. The van der Waals surface area contributed by atoms with Crippen molar-refractivity contribution >= 4 is 16.7 Å². The number of ether oxygens (including phenoxy) is 4. The monoisotopic (exact) mass is 392 g/mol. The average Bonchev–Trinajstić information content (AvgIpc) is 2.76. The number of hydrogen-bond donors (Lipinski definition) is 0. The maximum absolute atomic E-state index is 11.1. The number of hydrogen-bond acceptors (Lipinski definition) is 5. The molecule has 0 atom stereocenters. The fourth-order valence-corrected chi connectivity index (χ4v) is 2.93. The molecular weight excluding hydrogens is 368 g/mol. The summed E-state index contributed by atoms with van der Waals surface area (Å²) in [5.74, 6) is 1.89. The first-order chi connectivity index (χ1) is 14.2. The minimum absolute atomic E-state index is 0.160. The number of rotatable bonds is 10. The van der Waals surface area contributed by atoms with E-state index < -0.39 is 5.97 Å². The Morgan fingerprint density at radius 1 is 0.862 bits per heavy atom. The summed E-state index contributed by atoms with van der Waals surface area (Å²) >= 11 is 0. The van der Waals surface area contributed by atoms with Gasteiger partial charge < -0.3 is 18.9 Å². The predicted molar refractivity (Wildman–Crippen MR) is 113 cm³/mol. The SMILES string of the molecule is C=CC(=O)OCCOc1c(C)cc(OCCOc2ccccc2)c2ccccc12. The Bertz CT molecular complexity index is 966. The van der Waals surface area contributed by atoms with Gasteiger partial charge in [0.05, 0.1) is 0 Å². The maximum Gasteiger partial charge on any atom is 0.330 e. The Morgan fingerprint density at radius 2 is 1.52 bits per heavy atom. The van der Waals surface area contributed by atoms with Crippen LogP contribution in [0.15, 0.2) is 73.3 Å². The molecule has 0 bridgehead atoms. The van der Waals surface area contributed by atoms with Crippen LogP contribution in [0.25, 0.3) is 10.8 Å². The molecule has 0 aliphatic carbocycles. The van der Waals surface area contributed by atoms with Crippen molar-refractivity contribution in [2.24, 2.45) is 0 Å². The van der Waals surface area contributed by atoms with Gasteiger partial charge in [-0.3, -0.25) is 0 Å². The van der Waals surface area contributed by atoms with Crippen molar-refractivity contribution in [3.05, 3.63) is 78.9 Å². The van der Waals surface area contributed by atoms with Gasteiger partial charge in [-0.15, -0.1) is 0 Å². The van der Waals surface area contributed by atoms with Crippen molar-refractivity contribution in [3.63, 3.8) is 0 Å². The first-order valence-electron chi connectivity index (χ1n) is 9.44. The van der Waals surface area contributed by atoms with E-state index in [0.29, 0.717) is 13.2 Å². The van der Waals surface area contributed by atoms with Gasteiger partial charge in [-0.2, -0.15) is 0 Å². The third-order valence-electron chi connectivity index (χ3n) is 4.24. The second kappa shape index (κ2) is 10.2. The standard InChI is InChI=1S/C24H24O5/c1-3-23(25)28-15-16-29-24-18(2)17-22(20-11-7-8-12-21(20)24)27-14-13-26-19-9-5-4-6-10-19/h3-12,17H,1,13-16H2,2H3. The molecular formula is C24H24O5. The van der Waals surface area contributed by atoms with Gasteiger partial charge >= 0.3 is 5.97 Å². The number of benzene rings is 3. The van der Waals surface area contributed by atoms with E-state index in [1.165, 1.54) is 0 Å². The Kier molecular flexibility index (Phi) is 7.11. The molecule has 0 aliphatic rings. The third kappa shape index (κ3) is 5.51. The lowest BCUT2D eigenvalue weighted by Gasteiger charge is -2.16.